The van der Waals surface area contributed by atoms with Crippen LogP contribution in [0.4, 0.5) is 0 Å². The smallest absolute Gasteiger partial charge is 0.101 e. The number of hydrogen-bond acceptors (Lipinski definition) is 4. The molecule has 0 N–H and O–H groups in total. The summed E-state index contributed by atoms with van der Waals surface area (Å²) in [7, 11) is 0. The molecule has 2 fully saturated rings. The number of aromatic nitrogens is 1. The lowest BCUT2D eigenvalue weighted by Gasteiger charge is -2.42. The third kappa shape index (κ3) is 2.17. The molecule has 2 aliphatic rings. The van der Waals surface area contributed by atoms with E-state index in [1.807, 2.05) is 6.07 Å². The zero-order valence-electron chi connectivity index (χ0n) is 11.8. The van der Waals surface area contributed by atoms with E-state index in [1.165, 1.54) is 6.20 Å². The van der Waals surface area contributed by atoms with Crippen LogP contribution < -0.4 is 0 Å². The summed E-state index contributed by atoms with van der Waals surface area (Å²) < 4.78 is 0. The highest BCUT2D eigenvalue weighted by Gasteiger charge is 2.49. The second-order valence-corrected chi connectivity index (χ2v) is 5.94. The van der Waals surface area contributed by atoms with Crippen LogP contribution in [-0.2, 0) is 5.41 Å². The van der Waals surface area contributed by atoms with Crippen molar-refractivity contribution < 1.29 is 0 Å². The molecule has 3 atom stereocenters. The topological polar surface area (TPSA) is 63.7 Å². The Morgan fingerprint density at radius 3 is 2.57 bits per heavy atom. The third-order valence-corrected chi connectivity index (χ3v) is 4.85. The maximum atomic E-state index is 9.82. The van der Waals surface area contributed by atoms with Crippen molar-refractivity contribution in [3.05, 3.63) is 29.6 Å². The maximum absolute atomic E-state index is 9.82. The lowest BCUT2D eigenvalue weighted by atomic mass is 9.71. The van der Waals surface area contributed by atoms with Crippen LogP contribution in [0.3, 0.4) is 0 Å². The van der Waals surface area contributed by atoms with Crippen LogP contribution in [0.25, 0.3) is 0 Å². The van der Waals surface area contributed by atoms with Crippen molar-refractivity contribution in [3.8, 4) is 24.5 Å². The van der Waals surface area contributed by atoms with Crippen molar-refractivity contribution >= 4 is 0 Å². The Kier molecular flexibility index (Phi) is 3.38. The molecule has 4 nitrogen and oxygen atoms in total. The van der Waals surface area contributed by atoms with Gasteiger partial charge in [-0.1, -0.05) is 5.92 Å². The minimum atomic E-state index is -0.531. The molecule has 0 saturated carbocycles. The fourth-order valence-corrected chi connectivity index (χ4v) is 3.86. The number of pyridine rings is 1. The summed E-state index contributed by atoms with van der Waals surface area (Å²) in [5.41, 5.74) is 0.860. The highest BCUT2D eigenvalue weighted by molar-refractivity contribution is 5.39. The van der Waals surface area contributed by atoms with Crippen molar-refractivity contribution in [2.75, 3.05) is 6.54 Å². The fraction of sp³-hybridized carbons (Fsp3) is 0.471. The van der Waals surface area contributed by atoms with Crippen LogP contribution in [-0.4, -0.2) is 28.5 Å². The molecule has 2 aliphatic heterocycles. The average Bonchev–Trinajstić information content (AvgIpc) is 2.78. The summed E-state index contributed by atoms with van der Waals surface area (Å²) in [6, 6.07) is 7.17. The standard InChI is InChI=1S/C17H16N4/c1-2-5-21-15-3-4-16(21)8-17(7-15,12-19)14-6-13(9-18)10-20-11-14/h1,6,10-11,15-16H,3-5,7-8H2/t15-,16+,17?. The Balaban J connectivity index is 1.96. The summed E-state index contributed by atoms with van der Waals surface area (Å²) in [5.74, 6) is 2.73. The minimum Gasteiger partial charge on any atom is -0.286 e. The molecule has 1 aromatic heterocycles. The zero-order chi connectivity index (χ0) is 14.9. The zero-order valence-corrected chi connectivity index (χ0v) is 11.8. The normalized spacial score (nSPS) is 31.1. The van der Waals surface area contributed by atoms with Crippen LogP contribution in [0.1, 0.15) is 36.8 Å². The Morgan fingerprint density at radius 1 is 1.29 bits per heavy atom. The molecular formula is C17H16N4. The van der Waals surface area contributed by atoms with Gasteiger partial charge in [0.2, 0.25) is 0 Å². The predicted octanol–water partition coefficient (Wildman–Crippen LogP) is 1.97. The summed E-state index contributed by atoms with van der Waals surface area (Å²) in [6.45, 7) is 0.660. The fourth-order valence-electron chi connectivity index (χ4n) is 3.86. The van der Waals surface area contributed by atoms with Crippen molar-refractivity contribution in [3.63, 3.8) is 0 Å². The van der Waals surface area contributed by atoms with E-state index in [4.69, 9.17) is 11.7 Å². The van der Waals surface area contributed by atoms with Gasteiger partial charge in [0, 0.05) is 24.5 Å². The third-order valence-electron chi connectivity index (χ3n) is 4.85. The lowest BCUT2D eigenvalue weighted by molar-refractivity contribution is 0.121. The molecule has 21 heavy (non-hydrogen) atoms. The first-order chi connectivity index (χ1) is 10.2. The van der Waals surface area contributed by atoms with Gasteiger partial charge >= 0.3 is 0 Å². The van der Waals surface area contributed by atoms with Crippen molar-refractivity contribution in [1.82, 2.24) is 9.88 Å². The number of piperidine rings is 1. The van der Waals surface area contributed by atoms with E-state index in [-0.39, 0.29) is 0 Å². The van der Waals surface area contributed by atoms with E-state index in [0.29, 0.717) is 24.2 Å². The minimum absolute atomic E-state index is 0.366. The average molecular weight is 276 g/mol. The molecule has 0 amide bonds. The quantitative estimate of drug-likeness (QED) is 0.775. The second kappa shape index (κ2) is 5.21. The molecule has 0 radical (unpaired) electrons. The van der Waals surface area contributed by atoms with Gasteiger partial charge in [0.1, 0.15) is 6.07 Å². The molecule has 1 unspecified atom stereocenters. The van der Waals surface area contributed by atoms with Crippen molar-refractivity contribution in [2.24, 2.45) is 0 Å². The van der Waals surface area contributed by atoms with Crippen LogP contribution in [0.5, 0.6) is 0 Å². The monoisotopic (exact) mass is 276 g/mol. The van der Waals surface area contributed by atoms with Gasteiger partial charge in [-0.25, -0.2) is 0 Å². The van der Waals surface area contributed by atoms with Gasteiger partial charge in [-0.05, 0) is 37.3 Å². The van der Waals surface area contributed by atoms with E-state index >= 15 is 0 Å². The number of terminal acetylenes is 1. The van der Waals surface area contributed by atoms with Gasteiger partial charge in [0.25, 0.3) is 0 Å². The van der Waals surface area contributed by atoms with E-state index < -0.39 is 5.41 Å². The molecule has 0 aromatic carbocycles. The Morgan fingerprint density at radius 2 is 2.00 bits per heavy atom. The van der Waals surface area contributed by atoms with Crippen molar-refractivity contribution in [1.29, 1.82) is 10.5 Å². The number of nitrogens with zero attached hydrogens (tertiary/aromatic N) is 4. The lowest BCUT2D eigenvalue weighted by Crippen LogP contribution is -2.49. The summed E-state index contributed by atoms with van der Waals surface area (Å²) >= 11 is 0. The van der Waals surface area contributed by atoms with E-state index in [0.717, 1.165) is 31.2 Å². The number of fused-ring (bicyclic) bond motifs is 2. The number of hydrogen-bond donors (Lipinski definition) is 0. The molecule has 3 heterocycles. The second-order valence-electron chi connectivity index (χ2n) is 5.94. The Bertz CT molecular complexity index is 659. The van der Waals surface area contributed by atoms with Gasteiger partial charge in [0.05, 0.1) is 23.6 Å². The predicted molar refractivity (Wildman–Crippen MR) is 77.8 cm³/mol. The maximum Gasteiger partial charge on any atom is 0.101 e. The number of rotatable bonds is 2. The first kappa shape index (κ1) is 13.6. The highest BCUT2D eigenvalue weighted by Crippen LogP contribution is 2.46. The molecule has 0 spiro atoms. The van der Waals surface area contributed by atoms with Crippen molar-refractivity contribution in [2.45, 2.75) is 43.2 Å². The van der Waals surface area contributed by atoms with Gasteiger partial charge in [-0.2, -0.15) is 10.5 Å². The molecule has 104 valence electrons. The summed E-state index contributed by atoms with van der Waals surface area (Å²) in [6.07, 6.45) is 12.5. The first-order valence-electron chi connectivity index (χ1n) is 7.18. The Labute approximate surface area is 125 Å². The molecule has 0 aliphatic carbocycles. The molecule has 4 heteroatoms. The first-order valence-corrected chi connectivity index (χ1v) is 7.18. The molecular weight excluding hydrogens is 260 g/mol. The highest BCUT2D eigenvalue weighted by atomic mass is 15.2. The summed E-state index contributed by atoms with van der Waals surface area (Å²) in [5, 5.41) is 18.9. The SMILES string of the molecule is C#CCN1[C@@H]2CC[C@H]1CC(C#N)(c1cncc(C#N)c1)C2. The van der Waals surface area contributed by atoms with E-state index in [2.05, 4.69) is 27.9 Å². The van der Waals surface area contributed by atoms with Crippen LogP contribution >= 0.6 is 0 Å². The van der Waals surface area contributed by atoms with Gasteiger partial charge in [-0.15, -0.1) is 6.42 Å². The molecule has 1 aromatic rings. The van der Waals surface area contributed by atoms with E-state index in [1.54, 1.807) is 6.20 Å². The van der Waals surface area contributed by atoms with Crippen LogP contribution in [0, 0.1) is 35.0 Å². The molecule has 2 bridgehead atoms. The Hall–Kier alpha value is -2.35. The van der Waals surface area contributed by atoms with E-state index in [9.17, 15) is 5.26 Å². The summed E-state index contributed by atoms with van der Waals surface area (Å²) in [4.78, 5) is 6.49. The molecule has 3 rings (SSSR count). The van der Waals surface area contributed by atoms with Gasteiger partial charge in [0.15, 0.2) is 0 Å². The largest absolute Gasteiger partial charge is 0.286 e. The van der Waals surface area contributed by atoms with Gasteiger partial charge in [-0.3, -0.25) is 9.88 Å². The van der Waals surface area contributed by atoms with Gasteiger partial charge < -0.3 is 0 Å². The van der Waals surface area contributed by atoms with Crippen LogP contribution in [0.2, 0.25) is 0 Å². The molecule has 2 saturated heterocycles. The van der Waals surface area contributed by atoms with Crippen LogP contribution in [0.15, 0.2) is 18.5 Å². The number of nitriles is 2.